The van der Waals surface area contributed by atoms with Crippen LogP contribution in [0.25, 0.3) is 10.9 Å². The zero-order valence-electron chi connectivity index (χ0n) is 11.7. The second-order valence-corrected chi connectivity index (χ2v) is 4.90. The molecule has 1 aromatic heterocycles. The van der Waals surface area contributed by atoms with Crippen LogP contribution in [0.5, 0.6) is 5.75 Å². The van der Waals surface area contributed by atoms with Crippen molar-refractivity contribution in [2.75, 3.05) is 7.11 Å². The summed E-state index contributed by atoms with van der Waals surface area (Å²) >= 11 is 0. The summed E-state index contributed by atoms with van der Waals surface area (Å²) in [5.41, 5.74) is 2.29. The quantitative estimate of drug-likeness (QED) is 0.742. The number of H-pyrrole nitrogens is 1. The van der Waals surface area contributed by atoms with E-state index in [1.165, 1.54) is 19.4 Å². The summed E-state index contributed by atoms with van der Waals surface area (Å²) in [7, 11) is 1.51. The van der Waals surface area contributed by atoms with Gasteiger partial charge in [0.2, 0.25) is 0 Å². The number of hydrogen-bond donors (Lipinski definition) is 1. The number of halogens is 1. The fourth-order valence-corrected chi connectivity index (χ4v) is 2.46. The van der Waals surface area contributed by atoms with Gasteiger partial charge in [-0.25, -0.2) is 4.39 Å². The van der Waals surface area contributed by atoms with E-state index in [2.05, 4.69) is 4.98 Å². The molecule has 4 heteroatoms. The molecule has 1 heterocycles. The molecule has 3 aromatic rings. The standard InChI is InChI=1S/C17H14FNO2/c1-10-6-7-15(21-2)11(8-10)17(20)12-9-19-14-5-3-4-13(18)16(12)14/h3-9,19H,1-2H3. The number of fused-ring (bicyclic) bond motifs is 1. The zero-order chi connectivity index (χ0) is 15.0. The van der Waals surface area contributed by atoms with Crippen LogP contribution in [0.4, 0.5) is 4.39 Å². The smallest absolute Gasteiger partial charge is 0.199 e. The second-order valence-electron chi connectivity index (χ2n) is 4.90. The number of ketones is 1. The van der Waals surface area contributed by atoms with Crippen LogP contribution < -0.4 is 4.74 Å². The molecule has 0 unspecified atom stereocenters. The van der Waals surface area contributed by atoms with E-state index in [0.29, 0.717) is 27.8 Å². The van der Waals surface area contributed by atoms with E-state index in [1.54, 1.807) is 24.3 Å². The number of nitrogens with one attached hydrogen (secondary N) is 1. The highest BCUT2D eigenvalue weighted by Gasteiger charge is 2.20. The van der Waals surface area contributed by atoms with Crippen molar-refractivity contribution in [3.63, 3.8) is 0 Å². The SMILES string of the molecule is COc1ccc(C)cc1C(=O)c1c[nH]c2cccc(F)c12. The maximum atomic E-state index is 14.0. The Labute approximate surface area is 121 Å². The first-order chi connectivity index (χ1) is 10.1. The summed E-state index contributed by atoms with van der Waals surface area (Å²) in [6, 6.07) is 10.1. The van der Waals surface area contributed by atoms with E-state index in [1.807, 2.05) is 13.0 Å². The first kappa shape index (κ1) is 13.4. The van der Waals surface area contributed by atoms with Crippen LogP contribution in [0.15, 0.2) is 42.6 Å². The molecule has 0 spiro atoms. The fraction of sp³-hybridized carbons (Fsp3) is 0.118. The van der Waals surface area contributed by atoms with E-state index in [9.17, 15) is 9.18 Å². The lowest BCUT2D eigenvalue weighted by molar-refractivity contribution is 0.103. The highest BCUT2D eigenvalue weighted by Crippen LogP contribution is 2.28. The average Bonchev–Trinajstić information content (AvgIpc) is 2.92. The number of ether oxygens (including phenoxy) is 1. The minimum absolute atomic E-state index is 0.258. The third-order valence-corrected chi connectivity index (χ3v) is 3.50. The highest BCUT2D eigenvalue weighted by molar-refractivity contribution is 6.17. The molecule has 3 rings (SSSR count). The van der Waals surface area contributed by atoms with Crippen LogP contribution in [0, 0.1) is 12.7 Å². The van der Waals surface area contributed by atoms with Gasteiger partial charge in [-0.15, -0.1) is 0 Å². The number of methoxy groups -OCH3 is 1. The van der Waals surface area contributed by atoms with Gasteiger partial charge in [0.05, 0.1) is 18.2 Å². The normalized spacial score (nSPS) is 10.8. The first-order valence-electron chi connectivity index (χ1n) is 6.56. The van der Waals surface area contributed by atoms with Crippen molar-refractivity contribution >= 4 is 16.7 Å². The molecular weight excluding hydrogens is 269 g/mol. The Morgan fingerprint density at radius 2 is 2.00 bits per heavy atom. The minimum atomic E-state index is -0.413. The Kier molecular flexibility index (Phi) is 3.22. The Balaban J connectivity index is 2.20. The van der Waals surface area contributed by atoms with Crippen LogP contribution >= 0.6 is 0 Å². The maximum absolute atomic E-state index is 14.0. The number of aromatic amines is 1. The molecule has 0 fully saturated rings. The van der Waals surface area contributed by atoms with Gasteiger partial charge in [0.25, 0.3) is 0 Å². The van der Waals surface area contributed by atoms with Gasteiger partial charge in [0.15, 0.2) is 5.78 Å². The number of benzene rings is 2. The van der Waals surface area contributed by atoms with Gasteiger partial charge >= 0.3 is 0 Å². The molecule has 0 saturated carbocycles. The van der Waals surface area contributed by atoms with Gasteiger partial charge in [0.1, 0.15) is 11.6 Å². The summed E-state index contributed by atoms with van der Waals surface area (Å²) < 4.78 is 19.3. The van der Waals surface area contributed by atoms with Crippen molar-refractivity contribution < 1.29 is 13.9 Å². The van der Waals surface area contributed by atoms with Crippen molar-refractivity contribution in [3.05, 3.63) is 65.1 Å². The molecular formula is C17H14FNO2. The Morgan fingerprint density at radius 1 is 1.19 bits per heavy atom. The average molecular weight is 283 g/mol. The van der Waals surface area contributed by atoms with E-state index in [-0.39, 0.29) is 5.78 Å². The van der Waals surface area contributed by atoms with E-state index in [0.717, 1.165) is 5.56 Å². The highest BCUT2D eigenvalue weighted by atomic mass is 19.1. The number of rotatable bonds is 3. The summed E-state index contributed by atoms with van der Waals surface area (Å²) in [6.07, 6.45) is 1.54. The lowest BCUT2D eigenvalue weighted by atomic mass is 10.00. The molecule has 0 saturated heterocycles. The van der Waals surface area contributed by atoms with Crippen LogP contribution in [-0.4, -0.2) is 17.9 Å². The Hall–Kier alpha value is -2.62. The molecule has 1 N–H and O–H groups in total. The second kappa shape index (κ2) is 5.05. The lowest BCUT2D eigenvalue weighted by Crippen LogP contribution is -2.04. The van der Waals surface area contributed by atoms with Crippen molar-refractivity contribution in [1.29, 1.82) is 0 Å². The fourth-order valence-electron chi connectivity index (χ4n) is 2.46. The monoisotopic (exact) mass is 283 g/mol. The van der Waals surface area contributed by atoms with Crippen molar-refractivity contribution in [1.82, 2.24) is 4.98 Å². The molecule has 0 amide bonds. The molecule has 0 bridgehead atoms. The van der Waals surface area contributed by atoms with Crippen molar-refractivity contribution in [3.8, 4) is 5.75 Å². The van der Waals surface area contributed by atoms with Gasteiger partial charge in [-0.3, -0.25) is 4.79 Å². The molecule has 0 aliphatic rings. The van der Waals surface area contributed by atoms with Gasteiger partial charge in [0, 0.05) is 17.1 Å². The third-order valence-electron chi connectivity index (χ3n) is 3.50. The summed E-state index contributed by atoms with van der Waals surface area (Å²) in [5, 5.41) is 0.311. The number of hydrogen-bond acceptors (Lipinski definition) is 2. The van der Waals surface area contributed by atoms with Crippen LogP contribution in [0.2, 0.25) is 0 Å². The van der Waals surface area contributed by atoms with E-state index >= 15 is 0 Å². The van der Waals surface area contributed by atoms with E-state index < -0.39 is 5.82 Å². The summed E-state index contributed by atoms with van der Waals surface area (Å²) in [5.74, 6) is -0.188. The maximum Gasteiger partial charge on any atom is 0.199 e. The lowest BCUT2D eigenvalue weighted by Gasteiger charge is -2.08. The van der Waals surface area contributed by atoms with Gasteiger partial charge in [-0.05, 0) is 31.2 Å². The van der Waals surface area contributed by atoms with Crippen LogP contribution in [0.1, 0.15) is 21.5 Å². The van der Waals surface area contributed by atoms with Crippen LogP contribution in [-0.2, 0) is 0 Å². The predicted molar refractivity (Wildman–Crippen MR) is 79.4 cm³/mol. The number of aryl methyl sites for hydroxylation is 1. The molecule has 106 valence electrons. The number of carbonyl (C=O) groups excluding carboxylic acids is 1. The largest absolute Gasteiger partial charge is 0.496 e. The molecule has 0 aliphatic carbocycles. The molecule has 3 nitrogen and oxygen atoms in total. The first-order valence-corrected chi connectivity index (χ1v) is 6.56. The summed E-state index contributed by atoms with van der Waals surface area (Å²) in [6.45, 7) is 1.89. The molecule has 0 aliphatic heterocycles. The summed E-state index contributed by atoms with van der Waals surface area (Å²) in [4.78, 5) is 15.7. The van der Waals surface area contributed by atoms with Crippen molar-refractivity contribution in [2.24, 2.45) is 0 Å². The topological polar surface area (TPSA) is 42.1 Å². The minimum Gasteiger partial charge on any atom is -0.496 e. The predicted octanol–water partition coefficient (Wildman–Crippen LogP) is 3.86. The zero-order valence-corrected chi connectivity index (χ0v) is 11.7. The Bertz CT molecular complexity index is 836. The Morgan fingerprint density at radius 3 is 2.76 bits per heavy atom. The number of carbonyl (C=O) groups is 1. The number of aromatic nitrogens is 1. The van der Waals surface area contributed by atoms with Gasteiger partial charge < -0.3 is 9.72 Å². The molecule has 0 atom stereocenters. The van der Waals surface area contributed by atoms with Crippen LogP contribution in [0.3, 0.4) is 0 Å². The molecule has 0 radical (unpaired) electrons. The van der Waals surface area contributed by atoms with Gasteiger partial charge in [-0.1, -0.05) is 17.7 Å². The van der Waals surface area contributed by atoms with E-state index in [4.69, 9.17) is 4.74 Å². The third kappa shape index (κ3) is 2.18. The van der Waals surface area contributed by atoms with Gasteiger partial charge in [-0.2, -0.15) is 0 Å². The molecule has 21 heavy (non-hydrogen) atoms. The molecule has 2 aromatic carbocycles. The van der Waals surface area contributed by atoms with Crippen molar-refractivity contribution in [2.45, 2.75) is 6.92 Å².